The summed E-state index contributed by atoms with van der Waals surface area (Å²) in [6.45, 7) is 2.34. The van der Waals surface area contributed by atoms with Crippen molar-refractivity contribution in [2.24, 2.45) is 0 Å². The van der Waals surface area contributed by atoms with E-state index in [0.717, 1.165) is 11.3 Å². The topological polar surface area (TPSA) is 32.3 Å². The van der Waals surface area contributed by atoms with Gasteiger partial charge in [0.15, 0.2) is 0 Å². The van der Waals surface area contributed by atoms with Crippen LogP contribution in [-0.4, -0.2) is 5.11 Å². The predicted octanol–water partition coefficient (Wildman–Crippen LogP) is 3.45. The minimum Gasteiger partial charge on any atom is -0.508 e. The van der Waals surface area contributed by atoms with Gasteiger partial charge in [-0.1, -0.05) is 18.2 Å². The van der Waals surface area contributed by atoms with E-state index in [0.29, 0.717) is 12.1 Å². The molecule has 0 fully saturated rings. The summed E-state index contributed by atoms with van der Waals surface area (Å²) in [5.74, 6) is 0.0378. The molecule has 17 heavy (non-hydrogen) atoms. The van der Waals surface area contributed by atoms with Crippen LogP contribution in [0, 0.1) is 12.7 Å². The second kappa shape index (κ2) is 4.87. The van der Waals surface area contributed by atoms with E-state index in [1.807, 2.05) is 18.2 Å². The molecule has 2 nitrogen and oxygen atoms in total. The van der Waals surface area contributed by atoms with Crippen molar-refractivity contribution in [3.63, 3.8) is 0 Å². The Bertz CT molecular complexity index is 508. The number of hydrogen-bond acceptors (Lipinski definition) is 2. The average molecular weight is 231 g/mol. The first-order chi connectivity index (χ1) is 8.15. The Morgan fingerprint density at radius 3 is 2.47 bits per heavy atom. The lowest BCUT2D eigenvalue weighted by Crippen LogP contribution is -1.99. The molecule has 2 rings (SSSR count). The van der Waals surface area contributed by atoms with Crippen LogP contribution in [0.2, 0.25) is 0 Å². The van der Waals surface area contributed by atoms with Gasteiger partial charge in [-0.05, 0) is 42.3 Å². The van der Waals surface area contributed by atoms with Crippen LogP contribution in [0.15, 0.2) is 42.5 Å². The van der Waals surface area contributed by atoms with Crippen molar-refractivity contribution in [2.75, 3.05) is 5.32 Å². The molecule has 0 saturated heterocycles. The summed E-state index contributed by atoms with van der Waals surface area (Å²) in [5.41, 5.74) is 2.42. The second-order valence-corrected chi connectivity index (χ2v) is 3.98. The number of aromatic hydroxyl groups is 1. The Hall–Kier alpha value is -2.03. The zero-order valence-corrected chi connectivity index (χ0v) is 9.57. The summed E-state index contributed by atoms with van der Waals surface area (Å²) in [7, 11) is 0. The van der Waals surface area contributed by atoms with Crippen molar-refractivity contribution >= 4 is 5.69 Å². The fourth-order valence-electron chi connectivity index (χ4n) is 1.52. The zero-order chi connectivity index (χ0) is 12.3. The summed E-state index contributed by atoms with van der Waals surface area (Å²) in [6, 6.07) is 12.0. The molecule has 0 aliphatic carbocycles. The first kappa shape index (κ1) is 11.5. The molecule has 0 radical (unpaired) electrons. The third-order valence-electron chi connectivity index (χ3n) is 2.60. The van der Waals surface area contributed by atoms with E-state index in [1.165, 1.54) is 6.07 Å². The van der Waals surface area contributed by atoms with Crippen LogP contribution in [0.25, 0.3) is 0 Å². The summed E-state index contributed by atoms with van der Waals surface area (Å²) < 4.78 is 13.3. The highest BCUT2D eigenvalue weighted by molar-refractivity contribution is 5.45. The Kier molecular flexibility index (Phi) is 3.28. The van der Waals surface area contributed by atoms with Gasteiger partial charge in [-0.3, -0.25) is 0 Å². The fraction of sp³-hybridized carbons (Fsp3) is 0.143. The van der Waals surface area contributed by atoms with Crippen molar-refractivity contribution in [3.05, 3.63) is 59.4 Å². The number of benzene rings is 2. The van der Waals surface area contributed by atoms with E-state index >= 15 is 0 Å². The van der Waals surface area contributed by atoms with Crippen LogP contribution >= 0.6 is 0 Å². The van der Waals surface area contributed by atoms with Gasteiger partial charge in [0.1, 0.15) is 11.6 Å². The molecule has 88 valence electrons. The van der Waals surface area contributed by atoms with Crippen LogP contribution in [0.1, 0.15) is 11.1 Å². The normalized spacial score (nSPS) is 10.2. The molecule has 0 atom stereocenters. The number of rotatable bonds is 3. The number of hydrogen-bond donors (Lipinski definition) is 2. The van der Waals surface area contributed by atoms with E-state index in [4.69, 9.17) is 5.11 Å². The van der Waals surface area contributed by atoms with E-state index in [9.17, 15) is 4.39 Å². The molecule has 3 heteroatoms. The van der Waals surface area contributed by atoms with Crippen molar-refractivity contribution in [1.82, 2.24) is 0 Å². The predicted molar refractivity (Wildman–Crippen MR) is 66.6 cm³/mol. The van der Waals surface area contributed by atoms with Crippen LogP contribution in [0.4, 0.5) is 10.1 Å². The van der Waals surface area contributed by atoms with E-state index in [1.54, 1.807) is 25.1 Å². The summed E-state index contributed by atoms with van der Waals surface area (Å²) in [5, 5.41) is 12.3. The van der Waals surface area contributed by atoms with Crippen LogP contribution in [0.5, 0.6) is 5.75 Å². The zero-order valence-electron chi connectivity index (χ0n) is 9.57. The van der Waals surface area contributed by atoms with Crippen LogP contribution < -0.4 is 5.32 Å². The van der Waals surface area contributed by atoms with Gasteiger partial charge in [0, 0.05) is 12.2 Å². The maximum absolute atomic E-state index is 13.3. The Morgan fingerprint density at radius 2 is 1.82 bits per heavy atom. The molecule has 2 N–H and O–H groups in total. The molecule has 0 heterocycles. The van der Waals surface area contributed by atoms with Crippen LogP contribution in [-0.2, 0) is 6.54 Å². The number of nitrogens with one attached hydrogen (secondary N) is 1. The smallest absolute Gasteiger partial charge is 0.128 e. The van der Waals surface area contributed by atoms with Gasteiger partial charge in [0.25, 0.3) is 0 Å². The first-order valence-corrected chi connectivity index (χ1v) is 5.43. The quantitative estimate of drug-likeness (QED) is 0.848. The lowest BCUT2D eigenvalue weighted by Gasteiger charge is -2.07. The van der Waals surface area contributed by atoms with E-state index in [2.05, 4.69) is 5.32 Å². The van der Waals surface area contributed by atoms with Crippen molar-refractivity contribution in [2.45, 2.75) is 13.5 Å². The number of phenolic OH excluding ortho intramolecular Hbond substituents is 1. The molecule has 2 aromatic rings. The van der Waals surface area contributed by atoms with Gasteiger partial charge in [0.05, 0.1) is 0 Å². The summed E-state index contributed by atoms with van der Waals surface area (Å²) >= 11 is 0. The highest BCUT2D eigenvalue weighted by Gasteiger charge is 1.99. The second-order valence-electron chi connectivity index (χ2n) is 3.98. The molecule has 0 saturated carbocycles. The Morgan fingerprint density at radius 1 is 1.12 bits per heavy atom. The first-order valence-electron chi connectivity index (χ1n) is 5.43. The molecule has 0 unspecified atom stereocenters. The van der Waals surface area contributed by atoms with Gasteiger partial charge in [-0.2, -0.15) is 0 Å². The minimum atomic E-state index is -0.208. The minimum absolute atomic E-state index is 0.208. The van der Waals surface area contributed by atoms with Gasteiger partial charge < -0.3 is 10.4 Å². The maximum atomic E-state index is 13.3. The molecule has 0 bridgehead atoms. The largest absolute Gasteiger partial charge is 0.508 e. The monoisotopic (exact) mass is 231 g/mol. The van der Waals surface area contributed by atoms with E-state index < -0.39 is 0 Å². The standard InChI is InChI=1S/C14H14FNO/c1-10-2-5-12(8-14(10)15)16-9-11-3-6-13(17)7-4-11/h2-8,16-17H,9H2,1H3. The Balaban J connectivity index is 2.02. The lowest BCUT2D eigenvalue weighted by molar-refractivity contribution is 0.475. The molecular weight excluding hydrogens is 217 g/mol. The van der Waals surface area contributed by atoms with Gasteiger partial charge in [-0.15, -0.1) is 0 Å². The molecule has 2 aromatic carbocycles. The molecule has 0 spiro atoms. The SMILES string of the molecule is Cc1ccc(NCc2ccc(O)cc2)cc1F. The highest BCUT2D eigenvalue weighted by atomic mass is 19.1. The average Bonchev–Trinajstić information content (AvgIpc) is 2.33. The number of phenols is 1. The third kappa shape index (κ3) is 2.97. The summed E-state index contributed by atoms with van der Waals surface area (Å²) in [4.78, 5) is 0. The Labute approximate surface area is 99.7 Å². The van der Waals surface area contributed by atoms with Crippen molar-refractivity contribution in [3.8, 4) is 5.75 Å². The van der Waals surface area contributed by atoms with Gasteiger partial charge in [0.2, 0.25) is 0 Å². The molecule has 0 aromatic heterocycles. The summed E-state index contributed by atoms with van der Waals surface area (Å²) in [6.07, 6.45) is 0. The number of aryl methyl sites for hydroxylation is 1. The number of halogens is 1. The molecule has 0 aliphatic rings. The van der Waals surface area contributed by atoms with Crippen molar-refractivity contribution in [1.29, 1.82) is 0 Å². The van der Waals surface area contributed by atoms with Crippen molar-refractivity contribution < 1.29 is 9.50 Å². The van der Waals surface area contributed by atoms with Gasteiger partial charge in [-0.25, -0.2) is 4.39 Å². The molecule has 0 aliphatic heterocycles. The highest BCUT2D eigenvalue weighted by Crippen LogP contribution is 2.15. The maximum Gasteiger partial charge on any atom is 0.128 e. The van der Waals surface area contributed by atoms with E-state index in [-0.39, 0.29) is 11.6 Å². The number of anilines is 1. The third-order valence-corrected chi connectivity index (χ3v) is 2.60. The molecular formula is C14H14FNO. The fourth-order valence-corrected chi connectivity index (χ4v) is 1.52. The van der Waals surface area contributed by atoms with Crippen LogP contribution in [0.3, 0.4) is 0 Å². The molecule has 0 amide bonds. The van der Waals surface area contributed by atoms with Gasteiger partial charge >= 0.3 is 0 Å². The lowest BCUT2D eigenvalue weighted by atomic mass is 10.2.